The van der Waals surface area contributed by atoms with Gasteiger partial charge in [0, 0.05) is 29.5 Å². The van der Waals surface area contributed by atoms with Gasteiger partial charge >= 0.3 is 0 Å². The van der Waals surface area contributed by atoms with Crippen LogP contribution < -0.4 is 4.90 Å². The van der Waals surface area contributed by atoms with E-state index in [1.54, 1.807) is 6.20 Å². The fraction of sp³-hybridized carbons (Fsp3) is 0.192. The zero-order valence-corrected chi connectivity index (χ0v) is 17.7. The van der Waals surface area contributed by atoms with Crippen molar-refractivity contribution in [3.05, 3.63) is 108 Å². The summed E-state index contributed by atoms with van der Waals surface area (Å²) in [7, 11) is 0. The van der Waals surface area contributed by atoms with E-state index in [-0.39, 0.29) is 0 Å². The Kier molecular flexibility index (Phi) is 5.42. The number of nitrogens with zero attached hydrogens (tertiary/aromatic N) is 3. The lowest BCUT2D eigenvalue weighted by Crippen LogP contribution is -2.38. The Bertz CT molecular complexity index is 1050. The van der Waals surface area contributed by atoms with Crippen LogP contribution in [0.2, 0.25) is 0 Å². The maximum atomic E-state index is 11.6. The average molecular weight is 398 g/mol. The molecule has 1 heterocycles. The predicted octanol–water partition coefficient (Wildman–Crippen LogP) is 5.53. The van der Waals surface area contributed by atoms with Crippen molar-refractivity contribution in [2.24, 2.45) is 0 Å². The molecule has 0 aliphatic rings. The summed E-state index contributed by atoms with van der Waals surface area (Å²) in [5.41, 5.74) is 4.25. The van der Waals surface area contributed by atoms with Gasteiger partial charge in [0.2, 0.25) is 0 Å². The van der Waals surface area contributed by atoms with Crippen LogP contribution in [0.4, 0.5) is 11.4 Å². The quantitative estimate of drug-likeness (QED) is 0.465. The average Bonchev–Trinajstić information content (AvgIpc) is 3.25. The highest BCUT2D eigenvalue weighted by Crippen LogP contribution is 2.32. The molecule has 0 aliphatic heterocycles. The van der Waals surface area contributed by atoms with Crippen LogP contribution in [-0.2, 0) is 5.60 Å². The van der Waals surface area contributed by atoms with Crippen LogP contribution in [0.3, 0.4) is 0 Å². The maximum absolute atomic E-state index is 11.6. The van der Waals surface area contributed by atoms with Crippen molar-refractivity contribution in [1.29, 1.82) is 0 Å². The lowest BCUT2D eigenvalue weighted by Gasteiger charge is -2.33. The number of para-hydroxylation sites is 1. The predicted molar refractivity (Wildman–Crippen MR) is 122 cm³/mol. The van der Waals surface area contributed by atoms with Crippen molar-refractivity contribution in [3.63, 3.8) is 0 Å². The number of hydrogen-bond acceptors (Lipinski definition) is 3. The first-order chi connectivity index (χ1) is 14.4. The first-order valence-corrected chi connectivity index (χ1v) is 10.2. The summed E-state index contributed by atoms with van der Waals surface area (Å²) in [6.07, 6.45) is 3.63. The zero-order chi connectivity index (χ0) is 21.1. The third-order valence-corrected chi connectivity index (χ3v) is 5.31. The topological polar surface area (TPSA) is 41.3 Å². The molecule has 4 aromatic rings. The van der Waals surface area contributed by atoms with Crippen molar-refractivity contribution < 1.29 is 5.11 Å². The molecule has 0 unspecified atom stereocenters. The number of aliphatic hydroxyl groups is 1. The van der Waals surface area contributed by atoms with E-state index in [0.29, 0.717) is 12.4 Å². The smallest absolute Gasteiger partial charge is 0.146 e. The molecular formula is C26H27N3O. The number of hydrogen-bond donors (Lipinski definition) is 1. The van der Waals surface area contributed by atoms with Gasteiger partial charge in [-0.3, -0.25) is 0 Å². The van der Waals surface area contributed by atoms with Gasteiger partial charge in [0.1, 0.15) is 11.4 Å². The zero-order valence-electron chi connectivity index (χ0n) is 17.7. The Morgan fingerprint density at radius 1 is 0.833 bits per heavy atom. The molecule has 0 fully saturated rings. The van der Waals surface area contributed by atoms with Crippen molar-refractivity contribution in [2.75, 3.05) is 11.4 Å². The first-order valence-electron chi connectivity index (χ1n) is 10.2. The Hall–Kier alpha value is -3.37. The number of rotatable bonds is 6. The van der Waals surface area contributed by atoms with Gasteiger partial charge in [-0.15, -0.1) is 0 Å². The van der Waals surface area contributed by atoms with Gasteiger partial charge in [0.15, 0.2) is 0 Å². The summed E-state index contributed by atoms with van der Waals surface area (Å²) in [5, 5.41) is 11.6. The summed E-state index contributed by atoms with van der Waals surface area (Å²) in [6.45, 7) is 6.34. The van der Waals surface area contributed by atoms with Crippen molar-refractivity contribution in [2.45, 2.75) is 26.4 Å². The molecular weight excluding hydrogens is 370 g/mol. The molecule has 1 N–H and O–H groups in total. The van der Waals surface area contributed by atoms with Crippen molar-refractivity contribution in [3.8, 4) is 5.69 Å². The Morgan fingerprint density at radius 3 is 1.90 bits per heavy atom. The number of aromatic nitrogens is 2. The highest BCUT2D eigenvalue weighted by atomic mass is 16.3. The van der Waals surface area contributed by atoms with E-state index in [4.69, 9.17) is 0 Å². The second-order valence-corrected chi connectivity index (χ2v) is 7.99. The van der Waals surface area contributed by atoms with E-state index in [1.165, 1.54) is 11.1 Å². The summed E-state index contributed by atoms with van der Waals surface area (Å²) in [4.78, 5) is 6.66. The second kappa shape index (κ2) is 8.17. The molecule has 1 aromatic heterocycles. The number of benzene rings is 3. The van der Waals surface area contributed by atoms with Gasteiger partial charge in [-0.1, -0.05) is 53.6 Å². The van der Waals surface area contributed by atoms with Gasteiger partial charge in [0.05, 0.1) is 6.54 Å². The van der Waals surface area contributed by atoms with Gasteiger partial charge in [-0.25, -0.2) is 4.98 Å². The molecule has 0 spiro atoms. The van der Waals surface area contributed by atoms with Crippen molar-refractivity contribution in [1.82, 2.24) is 9.55 Å². The third-order valence-electron chi connectivity index (χ3n) is 5.31. The third kappa shape index (κ3) is 4.14. The minimum absolute atomic E-state index is 0.364. The lowest BCUT2D eigenvalue weighted by atomic mass is 10.0. The SMILES string of the molecule is Cc1ccc(N(C[C@@](C)(O)c2nccn2-c2ccccc2)c2ccc(C)cc2)cc1. The van der Waals surface area contributed by atoms with Crippen LogP contribution in [0.5, 0.6) is 0 Å². The molecule has 152 valence electrons. The van der Waals surface area contributed by atoms with Gasteiger partial charge < -0.3 is 14.6 Å². The van der Waals surface area contributed by atoms with E-state index >= 15 is 0 Å². The molecule has 1 atom stereocenters. The molecule has 0 amide bonds. The van der Waals surface area contributed by atoms with Crippen LogP contribution in [0, 0.1) is 13.8 Å². The van der Waals surface area contributed by atoms with Gasteiger partial charge in [0.25, 0.3) is 0 Å². The van der Waals surface area contributed by atoms with E-state index in [9.17, 15) is 5.11 Å². The molecule has 3 aromatic carbocycles. The summed E-state index contributed by atoms with van der Waals surface area (Å²) < 4.78 is 1.95. The second-order valence-electron chi connectivity index (χ2n) is 7.99. The highest BCUT2D eigenvalue weighted by Gasteiger charge is 2.32. The molecule has 30 heavy (non-hydrogen) atoms. The van der Waals surface area contributed by atoms with Crippen molar-refractivity contribution >= 4 is 11.4 Å². The fourth-order valence-corrected chi connectivity index (χ4v) is 3.66. The Labute approximate surface area is 178 Å². The lowest BCUT2D eigenvalue weighted by molar-refractivity contribution is 0.0558. The molecule has 0 saturated carbocycles. The van der Waals surface area contributed by atoms with Crippen LogP contribution >= 0.6 is 0 Å². The first kappa shape index (κ1) is 19.9. The molecule has 4 nitrogen and oxygen atoms in total. The number of aryl methyl sites for hydroxylation is 2. The van der Waals surface area contributed by atoms with Crippen LogP contribution in [-0.4, -0.2) is 21.2 Å². The van der Waals surface area contributed by atoms with E-state index < -0.39 is 5.60 Å². The molecule has 0 aliphatic carbocycles. The minimum atomic E-state index is -1.19. The maximum Gasteiger partial charge on any atom is 0.146 e. The minimum Gasteiger partial charge on any atom is -0.380 e. The summed E-state index contributed by atoms with van der Waals surface area (Å²) in [6, 6.07) is 26.7. The molecule has 0 saturated heterocycles. The Balaban J connectivity index is 1.73. The molecule has 4 rings (SSSR count). The van der Waals surface area contributed by atoms with Gasteiger partial charge in [-0.05, 0) is 57.2 Å². The van der Waals surface area contributed by atoms with Crippen LogP contribution in [0.25, 0.3) is 5.69 Å². The largest absolute Gasteiger partial charge is 0.380 e. The molecule has 0 bridgehead atoms. The van der Waals surface area contributed by atoms with Crippen LogP contribution in [0.15, 0.2) is 91.3 Å². The standard InChI is InChI=1S/C26H27N3O/c1-20-9-13-23(14-10-20)29(24-15-11-21(2)12-16-24)19-26(3,30)25-27-17-18-28(25)22-7-5-4-6-8-22/h4-18,30H,19H2,1-3H3/t26-/m1/s1. The van der Waals surface area contributed by atoms with Gasteiger partial charge in [-0.2, -0.15) is 0 Å². The monoisotopic (exact) mass is 397 g/mol. The van der Waals surface area contributed by atoms with E-state index in [1.807, 2.05) is 48.0 Å². The van der Waals surface area contributed by atoms with Crippen LogP contribution in [0.1, 0.15) is 23.9 Å². The molecule has 0 radical (unpaired) electrons. The highest BCUT2D eigenvalue weighted by molar-refractivity contribution is 5.64. The Morgan fingerprint density at radius 2 is 1.37 bits per heavy atom. The summed E-state index contributed by atoms with van der Waals surface area (Å²) >= 11 is 0. The summed E-state index contributed by atoms with van der Waals surface area (Å²) in [5.74, 6) is 0.609. The number of anilines is 2. The molecule has 4 heteroatoms. The van der Waals surface area contributed by atoms with E-state index in [2.05, 4.69) is 72.3 Å². The number of imidazole rings is 1. The fourth-order valence-electron chi connectivity index (χ4n) is 3.66. The normalized spacial score (nSPS) is 13.1. The van der Waals surface area contributed by atoms with E-state index in [0.717, 1.165) is 17.1 Å².